The number of anilines is 2. The molecule has 0 unspecified atom stereocenters. The molecule has 0 radical (unpaired) electrons. The van der Waals surface area contributed by atoms with Crippen LogP contribution in [0, 0.1) is 23.3 Å². The molecule has 6 aromatic carbocycles. The van der Waals surface area contributed by atoms with E-state index in [2.05, 4.69) is 9.44 Å². The van der Waals surface area contributed by atoms with E-state index in [9.17, 15) is 16.8 Å². The fourth-order valence-electron chi connectivity index (χ4n) is 7.45. The molecule has 55 heavy (non-hydrogen) atoms. The Bertz CT molecular complexity index is 2730. The van der Waals surface area contributed by atoms with E-state index in [4.69, 9.17) is 0 Å². The first-order valence-corrected chi connectivity index (χ1v) is 23.2. The van der Waals surface area contributed by atoms with Crippen LogP contribution in [-0.2, 0) is 36.6 Å². The summed E-state index contributed by atoms with van der Waals surface area (Å²) in [5, 5.41) is 2.78. The normalized spacial score (nSPS) is 14.4. The summed E-state index contributed by atoms with van der Waals surface area (Å²) < 4.78 is 127. The molecule has 0 saturated carbocycles. The van der Waals surface area contributed by atoms with Gasteiger partial charge in [-0.2, -0.15) is 0 Å². The van der Waals surface area contributed by atoms with Crippen LogP contribution in [0.3, 0.4) is 0 Å². The second kappa shape index (κ2) is 14.1. The molecule has 2 aliphatic carbocycles. The summed E-state index contributed by atoms with van der Waals surface area (Å²) in [6, 6.07) is 26.5. The van der Waals surface area contributed by atoms with E-state index in [1.54, 1.807) is 97.1 Å². The molecule has 0 aliphatic heterocycles. The zero-order valence-electron chi connectivity index (χ0n) is 28.7. The Balaban J connectivity index is 1.30. The Labute approximate surface area is 318 Å². The standard InChI is InChI=1S/2C16H10F2NO2S.2C5H5.Ti/c2*17-13-6-8-16(15(18)10-13)19-22(20,21)14-7-5-11-3-1-2-4-12(11)9-14;2*1-2-4-5-3-1;/h2*1-9,19H;2*1-3H,4H2;. The van der Waals surface area contributed by atoms with Crippen molar-refractivity contribution in [2.45, 2.75) is 22.6 Å². The molecular formula is C42H30F4N2O4S2Ti. The number of allylic oxidation sites excluding steroid dienone is 8. The van der Waals surface area contributed by atoms with Crippen LogP contribution in [-0.4, -0.2) is 16.8 Å². The molecule has 0 saturated heterocycles. The predicted molar refractivity (Wildman–Crippen MR) is 205 cm³/mol. The van der Waals surface area contributed by atoms with Crippen LogP contribution in [0.25, 0.3) is 21.5 Å². The van der Waals surface area contributed by atoms with Crippen LogP contribution < -0.4 is 17.2 Å². The second-order valence-electron chi connectivity index (χ2n) is 13.2. The molecule has 6 nitrogen and oxygen atoms in total. The molecule has 0 spiro atoms. The van der Waals surface area contributed by atoms with Crippen molar-refractivity contribution in [2.75, 3.05) is 9.44 Å². The van der Waals surface area contributed by atoms with Crippen molar-refractivity contribution < 1.29 is 51.0 Å². The molecule has 2 aliphatic rings. The zero-order chi connectivity index (χ0) is 38.5. The fourth-order valence-corrected chi connectivity index (χ4v) is 17.9. The number of benzene rings is 6. The minimum atomic E-state index is -5.49. The zero-order valence-corrected chi connectivity index (χ0v) is 31.9. The predicted octanol–water partition coefficient (Wildman–Crippen LogP) is 8.94. The van der Waals surface area contributed by atoms with Gasteiger partial charge >= 0.3 is 320 Å². The number of sulfonamides is 2. The van der Waals surface area contributed by atoms with E-state index >= 15 is 17.6 Å². The van der Waals surface area contributed by atoms with E-state index in [1.807, 2.05) is 0 Å². The Kier molecular flexibility index (Phi) is 9.41. The van der Waals surface area contributed by atoms with Gasteiger partial charge in [-0.05, 0) is 0 Å². The van der Waals surface area contributed by atoms with Gasteiger partial charge in [0.15, 0.2) is 0 Å². The number of rotatable bonds is 10. The molecule has 13 heteroatoms. The Morgan fingerprint density at radius 3 is 1.27 bits per heavy atom. The molecule has 6 aromatic rings. The van der Waals surface area contributed by atoms with Crippen LogP contribution in [0.5, 0.6) is 0 Å². The van der Waals surface area contributed by atoms with Crippen LogP contribution >= 0.6 is 0 Å². The van der Waals surface area contributed by atoms with E-state index < -0.39 is 79.0 Å². The van der Waals surface area contributed by atoms with Gasteiger partial charge in [0, 0.05) is 0 Å². The SMILES string of the molecule is O=S(=O)(Nc1ccc(F)[c]([Ti]([C]2=CC=CC2)([C]2=CC=CC2)[c]2c(F)ccc(NS(=O)(=O)c3ccc4ccccc4c3)c2F)c1F)c1ccc2ccccc2c1. The van der Waals surface area contributed by atoms with Crippen molar-refractivity contribution in [2.24, 2.45) is 0 Å². The number of hydrogen-bond acceptors (Lipinski definition) is 4. The maximum atomic E-state index is 17.3. The van der Waals surface area contributed by atoms with Crippen molar-refractivity contribution in [3.63, 3.8) is 0 Å². The summed E-state index contributed by atoms with van der Waals surface area (Å²) in [5.41, 5.74) is -1.24. The molecule has 276 valence electrons. The fraction of sp³-hybridized carbons (Fsp3) is 0.0476. The van der Waals surface area contributed by atoms with Crippen molar-refractivity contribution in [3.8, 4) is 0 Å². The summed E-state index contributed by atoms with van der Waals surface area (Å²) >= 11 is -5.49. The molecule has 0 bridgehead atoms. The molecule has 0 amide bonds. The van der Waals surface area contributed by atoms with Gasteiger partial charge < -0.3 is 0 Å². The monoisotopic (exact) mass is 814 g/mol. The van der Waals surface area contributed by atoms with Gasteiger partial charge in [-0.25, -0.2) is 0 Å². The topological polar surface area (TPSA) is 92.3 Å². The van der Waals surface area contributed by atoms with Crippen LogP contribution in [0.2, 0.25) is 0 Å². The van der Waals surface area contributed by atoms with Gasteiger partial charge in [0.05, 0.1) is 0 Å². The van der Waals surface area contributed by atoms with Gasteiger partial charge in [-0.15, -0.1) is 0 Å². The van der Waals surface area contributed by atoms with E-state index in [-0.39, 0.29) is 22.6 Å². The van der Waals surface area contributed by atoms with Crippen molar-refractivity contribution in [3.05, 3.63) is 177 Å². The second-order valence-corrected chi connectivity index (χ2v) is 22.5. The molecule has 8 rings (SSSR count). The van der Waals surface area contributed by atoms with Crippen molar-refractivity contribution in [1.29, 1.82) is 0 Å². The van der Waals surface area contributed by atoms with Crippen molar-refractivity contribution >= 4 is 60.7 Å². The Morgan fingerprint density at radius 2 is 0.891 bits per heavy atom. The molecule has 0 fully saturated rings. The Hall–Kier alpha value is -5.27. The average molecular weight is 815 g/mol. The number of halogens is 4. The van der Waals surface area contributed by atoms with Gasteiger partial charge in [-0.1, -0.05) is 0 Å². The van der Waals surface area contributed by atoms with E-state index in [0.29, 0.717) is 18.5 Å². The first-order valence-electron chi connectivity index (χ1n) is 17.1. The van der Waals surface area contributed by atoms with Crippen molar-refractivity contribution in [1.82, 2.24) is 0 Å². The minimum absolute atomic E-state index is 0.0924. The van der Waals surface area contributed by atoms with Gasteiger partial charge in [0.1, 0.15) is 0 Å². The van der Waals surface area contributed by atoms with Crippen LogP contribution in [0.4, 0.5) is 28.9 Å². The molecule has 0 aromatic heterocycles. The number of fused-ring (bicyclic) bond motifs is 2. The third-order valence-corrected chi connectivity index (χ3v) is 20.7. The molecule has 0 atom stereocenters. The maximum absolute atomic E-state index is 17.3. The first-order chi connectivity index (χ1) is 26.4. The molecule has 2 N–H and O–H groups in total. The summed E-state index contributed by atoms with van der Waals surface area (Å²) in [5.74, 6) is -4.92. The summed E-state index contributed by atoms with van der Waals surface area (Å²) in [6.07, 6.45) is 9.99. The van der Waals surface area contributed by atoms with Crippen LogP contribution in [0.15, 0.2) is 163 Å². The van der Waals surface area contributed by atoms with Crippen LogP contribution in [0.1, 0.15) is 12.8 Å². The quantitative estimate of drug-likeness (QED) is 0.107. The molecule has 0 heterocycles. The number of hydrogen-bond donors (Lipinski definition) is 2. The van der Waals surface area contributed by atoms with Gasteiger partial charge in [-0.3, -0.25) is 0 Å². The Morgan fingerprint density at radius 1 is 0.491 bits per heavy atom. The average Bonchev–Trinajstić information content (AvgIpc) is 3.93. The van der Waals surface area contributed by atoms with Gasteiger partial charge in [0.25, 0.3) is 0 Å². The third kappa shape index (κ3) is 6.42. The summed E-state index contributed by atoms with van der Waals surface area (Å²) in [6.45, 7) is 0. The summed E-state index contributed by atoms with van der Waals surface area (Å²) in [7, 11) is -8.92. The first kappa shape index (κ1) is 36.7. The number of nitrogens with one attached hydrogen (secondary N) is 2. The molecular weight excluding hydrogens is 784 g/mol. The third-order valence-electron chi connectivity index (χ3n) is 9.99. The van der Waals surface area contributed by atoms with Gasteiger partial charge in [0.2, 0.25) is 0 Å². The van der Waals surface area contributed by atoms with E-state index in [1.165, 1.54) is 24.3 Å². The van der Waals surface area contributed by atoms with E-state index in [0.717, 1.165) is 35.0 Å². The summed E-state index contributed by atoms with van der Waals surface area (Å²) in [4.78, 5) is -0.365.